The summed E-state index contributed by atoms with van der Waals surface area (Å²) in [5.41, 5.74) is 1.31. The van der Waals surface area contributed by atoms with Crippen LogP contribution in [0.4, 0.5) is 0 Å². The molecule has 0 spiro atoms. The molecule has 4 rings (SSSR count). The Labute approximate surface area is 149 Å². The molecule has 0 radical (unpaired) electrons. The molecule has 3 heterocycles. The van der Waals surface area contributed by atoms with Gasteiger partial charge in [-0.1, -0.05) is 0 Å². The summed E-state index contributed by atoms with van der Waals surface area (Å²) < 4.78 is 8.09. The van der Waals surface area contributed by atoms with Crippen molar-refractivity contribution in [3.63, 3.8) is 0 Å². The summed E-state index contributed by atoms with van der Waals surface area (Å²) >= 11 is 0. The lowest BCUT2D eigenvalue weighted by atomic mass is 9.87. The number of imidazole rings is 1. The molecule has 0 unspecified atom stereocenters. The SMILES string of the molecule is CN(Cc1ncc(C2CC2)o1)C[C@@H]1CCCN(C)[C@H]1c1cncn1C. The molecule has 1 aliphatic heterocycles. The summed E-state index contributed by atoms with van der Waals surface area (Å²) in [4.78, 5) is 13.6. The van der Waals surface area contributed by atoms with Crippen molar-refractivity contribution in [3.8, 4) is 0 Å². The molecule has 2 aromatic rings. The Balaban J connectivity index is 1.42. The Morgan fingerprint density at radius 2 is 2.08 bits per heavy atom. The third-order valence-corrected chi connectivity index (χ3v) is 5.67. The zero-order valence-electron chi connectivity index (χ0n) is 15.6. The van der Waals surface area contributed by atoms with E-state index in [9.17, 15) is 0 Å². The topological polar surface area (TPSA) is 50.3 Å². The van der Waals surface area contributed by atoms with Gasteiger partial charge in [0.05, 0.1) is 30.8 Å². The molecule has 0 aromatic carbocycles. The van der Waals surface area contributed by atoms with Crippen LogP contribution in [0.15, 0.2) is 23.1 Å². The molecule has 2 fully saturated rings. The van der Waals surface area contributed by atoms with E-state index in [1.165, 1.54) is 31.4 Å². The van der Waals surface area contributed by atoms with Crippen molar-refractivity contribution in [1.29, 1.82) is 0 Å². The van der Waals surface area contributed by atoms with Crippen molar-refractivity contribution in [2.75, 3.05) is 27.2 Å². The Kier molecular flexibility index (Phi) is 4.65. The molecular weight excluding hydrogens is 314 g/mol. The number of piperidine rings is 1. The summed E-state index contributed by atoms with van der Waals surface area (Å²) in [7, 11) is 6.51. The van der Waals surface area contributed by atoms with Gasteiger partial charge in [0.15, 0.2) is 0 Å². The van der Waals surface area contributed by atoms with Gasteiger partial charge in [0.1, 0.15) is 5.76 Å². The van der Waals surface area contributed by atoms with Crippen molar-refractivity contribution in [2.24, 2.45) is 13.0 Å². The lowest BCUT2D eigenvalue weighted by Gasteiger charge is -2.40. The fraction of sp³-hybridized carbons (Fsp3) is 0.684. The van der Waals surface area contributed by atoms with Gasteiger partial charge in [-0.3, -0.25) is 9.80 Å². The van der Waals surface area contributed by atoms with Crippen LogP contribution in [0.1, 0.15) is 55.0 Å². The van der Waals surface area contributed by atoms with Gasteiger partial charge in [0.2, 0.25) is 5.89 Å². The summed E-state index contributed by atoms with van der Waals surface area (Å²) in [5.74, 6) is 3.16. The molecule has 6 nitrogen and oxygen atoms in total. The van der Waals surface area contributed by atoms with E-state index in [1.807, 2.05) is 18.7 Å². The Bertz CT molecular complexity index is 704. The van der Waals surface area contributed by atoms with Gasteiger partial charge in [-0.2, -0.15) is 0 Å². The molecule has 1 aliphatic carbocycles. The summed E-state index contributed by atoms with van der Waals surface area (Å²) in [6.45, 7) is 2.98. The third-order valence-electron chi connectivity index (χ3n) is 5.67. The number of likely N-dealkylation sites (tertiary alicyclic amines) is 1. The molecule has 2 aromatic heterocycles. The lowest BCUT2D eigenvalue weighted by molar-refractivity contribution is 0.0857. The van der Waals surface area contributed by atoms with Crippen molar-refractivity contribution < 1.29 is 4.42 Å². The molecular formula is C19H29N5O. The first-order valence-corrected chi connectivity index (χ1v) is 9.41. The number of oxazole rings is 1. The Morgan fingerprint density at radius 3 is 2.80 bits per heavy atom. The number of hydrogen-bond acceptors (Lipinski definition) is 5. The first kappa shape index (κ1) is 16.8. The molecule has 6 heteroatoms. The summed E-state index contributed by atoms with van der Waals surface area (Å²) in [5, 5.41) is 0. The highest BCUT2D eigenvalue weighted by atomic mass is 16.4. The quantitative estimate of drug-likeness (QED) is 0.807. The maximum atomic E-state index is 5.93. The zero-order valence-corrected chi connectivity index (χ0v) is 15.6. The highest BCUT2D eigenvalue weighted by Gasteiger charge is 2.33. The minimum Gasteiger partial charge on any atom is -0.444 e. The van der Waals surface area contributed by atoms with Crippen LogP contribution in [0.5, 0.6) is 0 Å². The molecule has 1 saturated carbocycles. The van der Waals surface area contributed by atoms with E-state index in [-0.39, 0.29) is 0 Å². The fourth-order valence-corrected chi connectivity index (χ4v) is 4.22. The van der Waals surface area contributed by atoms with Crippen molar-refractivity contribution in [2.45, 2.75) is 44.2 Å². The van der Waals surface area contributed by atoms with E-state index in [2.05, 4.69) is 45.5 Å². The second-order valence-electron chi connectivity index (χ2n) is 7.88. The zero-order chi connectivity index (χ0) is 17.4. The number of rotatable bonds is 6. The van der Waals surface area contributed by atoms with Crippen molar-refractivity contribution in [3.05, 3.63) is 36.1 Å². The number of hydrogen-bond donors (Lipinski definition) is 0. The molecule has 136 valence electrons. The highest BCUT2D eigenvalue weighted by molar-refractivity contribution is 5.10. The van der Waals surface area contributed by atoms with Crippen LogP contribution in [-0.4, -0.2) is 51.5 Å². The largest absolute Gasteiger partial charge is 0.444 e. The van der Waals surface area contributed by atoms with Crippen LogP contribution in [0.25, 0.3) is 0 Å². The average Bonchev–Trinajstić information content (AvgIpc) is 3.19. The second kappa shape index (κ2) is 6.92. The standard InChI is InChI=1S/C19H29N5O/c1-22(12-18-21-10-17(25-18)14-6-7-14)11-15-5-4-8-23(2)19(15)16-9-20-13-24(16)3/h9-10,13-15,19H,4-8,11-12H2,1-3H3/t15-,19+/m0/s1. The van der Waals surface area contributed by atoms with E-state index in [4.69, 9.17) is 4.42 Å². The second-order valence-corrected chi connectivity index (χ2v) is 7.88. The summed E-state index contributed by atoms with van der Waals surface area (Å²) in [6, 6.07) is 0.426. The van der Waals surface area contributed by atoms with Gasteiger partial charge >= 0.3 is 0 Å². The van der Waals surface area contributed by atoms with Gasteiger partial charge in [-0.05, 0) is 52.2 Å². The molecule has 0 amide bonds. The molecule has 1 saturated heterocycles. The van der Waals surface area contributed by atoms with Gasteiger partial charge in [-0.15, -0.1) is 0 Å². The maximum absolute atomic E-state index is 5.93. The van der Waals surface area contributed by atoms with E-state index >= 15 is 0 Å². The minimum absolute atomic E-state index is 0.426. The summed E-state index contributed by atoms with van der Waals surface area (Å²) in [6.07, 6.45) is 10.9. The van der Waals surface area contributed by atoms with Gasteiger partial charge < -0.3 is 8.98 Å². The minimum atomic E-state index is 0.426. The van der Waals surface area contributed by atoms with Crippen LogP contribution in [-0.2, 0) is 13.6 Å². The monoisotopic (exact) mass is 343 g/mol. The van der Waals surface area contributed by atoms with Gasteiger partial charge in [-0.25, -0.2) is 9.97 Å². The van der Waals surface area contributed by atoms with E-state index in [0.717, 1.165) is 31.3 Å². The lowest BCUT2D eigenvalue weighted by Crippen LogP contribution is -2.41. The van der Waals surface area contributed by atoms with Gasteiger partial charge in [0, 0.05) is 25.7 Å². The first-order valence-electron chi connectivity index (χ1n) is 9.41. The number of aromatic nitrogens is 3. The molecule has 25 heavy (non-hydrogen) atoms. The Hall–Kier alpha value is -1.66. The Morgan fingerprint density at radius 1 is 1.24 bits per heavy atom. The normalized spacial score (nSPS) is 25.0. The molecule has 0 bridgehead atoms. The van der Waals surface area contributed by atoms with E-state index < -0.39 is 0 Å². The maximum Gasteiger partial charge on any atom is 0.208 e. The number of aryl methyl sites for hydroxylation is 1. The van der Waals surface area contributed by atoms with Crippen LogP contribution in [0.3, 0.4) is 0 Å². The van der Waals surface area contributed by atoms with Crippen LogP contribution >= 0.6 is 0 Å². The predicted molar refractivity (Wildman–Crippen MR) is 96.1 cm³/mol. The average molecular weight is 343 g/mol. The highest BCUT2D eigenvalue weighted by Crippen LogP contribution is 2.40. The molecule has 0 N–H and O–H groups in total. The third kappa shape index (κ3) is 3.65. The molecule has 2 atom stereocenters. The fourth-order valence-electron chi connectivity index (χ4n) is 4.22. The molecule has 2 aliphatic rings. The number of nitrogens with zero attached hydrogens (tertiary/aromatic N) is 5. The predicted octanol–water partition coefficient (Wildman–Crippen LogP) is 2.80. The van der Waals surface area contributed by atoms with Crippen molar-refractivity contribution >= 4 is 0 Å². The smallest absolute Gasteiger partial charge is 0.208 e. The van der Waals surface area contributed by atoms with Crippen LogP contribution in [0.2, 0.25) is 0 Å². The van der Waals surface area contributed by atoms with Gasteiger partial charge in [0.25, 0.3) is 0 Å². The van der Waals surface area contributed by atoms with Crippen molar-refractivity contribution in [1.82, 2.24) is 24.3 Å². The van der Waals surface area contributed by atoms with Crippen LogP contribution in [0, 0.1) is 5.92 Å². The van der Waals surface area contributed by atoms with Crippen LogP contribution < -0.4 is 0 Å². The van der Waals surface area contributed by atoms with E-state index in [0.29, 0.717) is 17.9 Å². The first-order chi connectivity index (χ1) is 12.1. The van der Waals surface area contributed by atoms with E-state index in [1.54, 1.807) is 0 Å².